The highest BCUT2D eigenvalue weighted by atomic mass is 35.5. The molecule has 4 rings (SSSR count). The molecule has 27 heavy (non-hydrogen) atoms. The monoisotopic (exact) mass is 386 g/mol. The van der Waals surface area contributed by atoms with Gasteiger partial charge < -0.3 is 9.47 Å². The smallest absolute Gasteiger partial charge is 0.223 e. The number of halogens is 1. The Labute approximate surface area is 167 Å². The SMILES string of the molecule is CCn1cc(C(C)CC(=O)N2CCCC3CCCCC32)c2c(Cl)cccc21. The first-order chi connectivity index (χ1) is 13.1. The third-order valence-corrected chi connectivity index (χ3v) is 7.12. The van der Waals surface area contributed by atoms with Crippen molar-refractivity contribution in [2.75, 3.05) is 6.54 Å². The van der Waals surface area contributed by atoms with Gasteiger partial charge in [0.05, 0.1) is 5.02 Å². The van der Waals surface area contributed by atoms with Gasteiger partial charge in [-0.2, -0.15) is 0 Å². The Morgan fingerprint density at radius 1 is 1.22 bits per heavy atom. The van der Waals surface area contributed by atoms with Crippen LogP contribution in [0.3, 0.4) is 0 Å². The fourth-order valence-electron chi connectivity index (χ4n) is 5.40. The zero-order chi connectivity index (χ0) is 19.0. The molecule has 1 saturated heterocycles. The average molecular weight is 387 g/mol. The van der Waals surface area contributed by atoms with Crippen molar-refractivity contribution in [1.29, 1.82) is 0 Å². The number of fused-ring (bicyclic) bond motifs is 2. The maximum atomic E-state index is 13.2. The highest BCUT2D eigenvalue weighted by molar-refractivity contribution is 6.35. The Balaban J connectivity index is 1.56. The van der Waals surface area contributed by atoms with Gasteiger partial charge in [0.25, 0.3) is 0 Å². The van der Waals surface area contributed by atoms with E-state index in [-0.39, 0.29) is 5.92 Å². The average Bonchev–Trinajstić information content (AvgIpc) is 3.08. The summed E-state index contributed by atoms with van der Waals surface area (Å²) in [4.78, 5) is 15.4. The van der Waals surface area contributed by atoms with Crippen LogP contribution in [-0.2, 0) is 11.3 Å². The minimum absolute atomic E-state index is 0.177. The molecular weight excluding hydrogens is 356 g/mol. The molecule has 4 heteroatoms. The predicted octanol–water partition coefficient (Wildman–Crippen LogP) is 5.99. The lowest BCUT2D eigenvalue weighted by Gasteiger charge is -2.44. The number of piperidine rings is 1. The van der Waals surface area contributed by atoms with Gasteiger partial charge in [-0.25, -0.2) is 0 Å². The molecule has 2 fully saturated rings. The van der Waals surface area contributed by atoms with Crippen LogP contribution in [0, 0.1) is 5.92 Å². The molecule has 1 aromatic carbocycles. The number of rotatable bonds is 4. The van der Waals surface area contributed by atoms with E-state index in [4.69, 9.17) is 11.6 Å². The van der Waals surface area contributed by atoms with Gasteiger partial charge in [-0.15, -0.1) is 0 Å². The first kappa shape index (κ1) is 18.9. The summed E-state index contributed by atoms with van der Waals surface area (Å²) in [6, 6.07) is 6.58. The maximum Gasteiger partial charge on any atom is 0.223 e. The van der Waals surface area contributed by atoms with Gasteiger partial charge in [-0.1, -0.05) is 37.4 Å². The Hall–Kier alpha value is -1.48. The number of aryl methyl sites for hydroxylation is 1. The lowest BCUT2D eigenvalue weighted by molar-refractivity contribution is -0.137. The minimum Gasteiger partial charge on any atom is -0.347 e. The van der Waals surface area contributed by atoms with Crippen LogP contribution in [0.1, 0.15) is 70.3 Å². The molecule has 2 aromatic rings. The highest BCUT2D eigenvalue weighted by Crippen LogP contribution is 2.38. The van der Waals surface area contributed by atoms with E-state index in [9.17, 15) is 4.79 Å². The molecular formula is C23H31ClN2O. The summed E-state index contributed by atoms with van der Waals surface area (Å²) < 4.78 is 2.25. The number of hydrogen-bond acceptors (Lipinski definition) is 1. The molecule has 2 aliphatic rings. The summed E-state index contributed by atoms with van der Waals surface area (Å²) >= 11 is 6.54. The van der Waals surface area contributed by atoms with E-state index in [1.54, 1.807) is 0 Å². The largest absolute Gasteiger partial charge is 0.347 e. The van der Waals surface area contributed by atoms with E-state index in [0.29, 0.717) is 18.4 Å². The van der Waals surface area contributed by atoms with Crippen molar-refractivity contribution < 1.29 is 4.79 Å². The van der Waals surface area contributed by atoms with Crippen molar-refractivity contribution in [3.05, 3.63) is 35.0 Å². The normalized spacial score (nSPS) is 24.0. The molecule has 3 atom stereocenters. The predicted molar refractivity (Wildman–Crippen MR) is 112 cm³/mol. The fourth-order valence-corrected chi connectivity index (χ4v) is 5.68. The Kier molecular flexibility index (Phi) is 5.50. The minimum atomic E-state index is 0.177. The number of benzene rings is 1. The van der Waals surface area contributed by atoms with Crippen LogP contribution in [0.5, 0.6) is 0 Å². The third-order valence-electron chi connectivity index (χ3n) is 6.80. The van der Waals surface area contributed by atoms with Gasteiger partial charge in [-0.3, -0.25) is 4.79 Å². The van der Waals surface area contributed by atoms with Crippen molar-refractivity contribution in [1.82, 2.24) is 9.47 Å². The van der Waals surface area contributed by atoms with Gasteiger partial charge >= 0.3 is 0 Å². The molecule has 3 unspecified atom stereocenters. The summed E-state index contributed by atoms with van der Waals surface area (Å²) in [6.07, 6.45) is 10.4. The van der Waals surface area contributed by atoms with Crippen molar-refractivity contribution >= 4 is 28.4 Å². The van der Waals surface area contributed by atoms with E-state index in [1.165, 1.54) is 49.6 Å². The standard InChI is InChI=1S/C23H31ClN2O/c1-3-25-15-18(23-19(24)10-6-12-21(23)25)16(2)14-22(27)26-13-7-9-17-8-4-5-11-20(17)26/h6,10,12,15-17,20H,3-5,7-9,11,13-14H2,1-2H3. The number of hydrogen-bond donors (Lipinski definition) is 0. The summed E-state index contributed by atoms with van der Waals surface area (Å²) in [5.74, 6) is 1.25. The summed E-state index contributed by atoms with van der Waals surface area (Å²) in [7, 11) is 0. The Morgan fingerprint density at radius 3 is 2.81 bits per heavy atom. The molecule has 1 aliphatic carbocycles. The van der Waals surface area contributed by atoms with Gasteiger partial charge in [0.1, 0.15) is 0 Å². The first-order valence-corrected chi connectivity index (χ1v) is 11.0. The number of aromatic nitrogens is 1. The topological polar surface area (TPSA) is 25.2 Å². The Bertz CT molecular complexity index is 825. The lowest BCUT2D eigenvalue weighted by Crippen LogP contribution is -2.49. The third kappa shape index (κ3) is 3.51. The molecule has 0 spiro atoms. The number of carbonyl (C=O) groups is 1. The van der Waals surface area contributed by atoms with E-state index in [0.717, 1.165) is 29.4 Å². The second kappa shape index (κ2) is 7.87. The second-order valence-corrected chi connectivity index (χ2v) is 8.86. The van der Waals surface area contributed by atoms with Gasteiger partial charge in [-0.05, 0) is 62.1 Å². The fraction of sp³-hybridized carbons (Fsp3) is 0.609. The quantitative estimate of drug-likeness (QED) is 0.633. The molecule has 2 heterocycles. The highest BCUT2D eigenvalue weighted by Gasteiger charge is 2.36. The number of nitrogens with zero attached hydrogens (tertiary/aromatic N) is 2. The number of amides is 1. The van der Waals surface area contributed by atoms with Crippen molar-refractivity contribution in [3.8, 4) is 0 Å². The summed E-state index contributed by atoms with van der Waals surface area (Å²) in [5.41, 5.74) is 2.38. The zero-order valence-corrected chi connectivity index (χ0v) is 17.3. The van der Waals surface area contributed by atoms with E-state index in [2.05, 4.69) is 35.6 Å². The number of likely N-dealkylation sites (tertiary alicyclic amines) is 1. The Morgan fingerprint density at radius 2 is 2.00 bits per heavy atom. The molecule has 0 radical (unpaired) electrons. The van der Waals surface area contributed by atoms with Crippen LogP contribution in [0.4, 0.5) is 0 Å². The summed E-state index contributed by atoms with van der Waals surface area (Å²) in [6.45, 7) is 6.19. The van der Waals surface area contributed by atoms with Crippen LogP contribution >= 0.6 is 11.6 Å². The molecule has 0 N–H and O–H groups in total. The molecule has 1 aromatic heterocycles. The number of carbonyl (C=O) groups excluding carboxylic acids is 1. The van der Waals surface area contributed by atoms with E-state index < -0.39 is 0 Å². The second-order valence-electron chi connectivity index (χ2n) is 8.45. The van der Waals surface area contributed by atoms with Gasteiger partial charge in [0.2, 0.25) is 5.91 Å². The van der Waals surface area contributed by atoms with Crippen molar-refractivity contribution in [2.24, 2.45) is 5.92 Å². The van der Waals surface area contributed by atoms with E-state index in [1.807, 2.05) is 12.1 Å². The molecule has 3 nitrogen and oxygen atoms in total. The van der Waals surface area contributed by atoms with Crippen LogP contribution < -0.4 is 0 Å². The van der Waals surface area contributed by atoms with E-state index >= 15 is 0 Å². The summed E-state index contributed by atoms with van der Waals surface area (Å²) in [5, 5.41) is 1.91. The molecule has 146 valence electrons. The van der Waals surface area contributed by atoms with Crippen molar-refractivity contribution in [3.63, 3.8) is 0 Å². The molecule has 0 bridgehead atoms. The lowest BCUT2D eigenvalue weighted by atomic mass is 9.78. The van der Waals surface area contributed by atoms with Crippen LogP contribution in [0.25, 0.3) is 10.9 Å². The molecule has 1 amide bonds. The van der Waals surface area contributed by atoms with Gasteiger partial charge in [0.15, 0.2) is 0 Å². The molecule has 1 saturated carbocycles. The maximum absolute atomic E-state index is 13.2. The van der Waals surface area contributed by atoms with Crippen LogP contribution in [0.15, 0.2) is 24.4 Å². The first-order valence-electron chi connectivity index (χ1n) is 10.7. The van der Waals surface area contributed by atoms with Crippen molar-refractivity contribution in [2.45, 2.75) is 77.3 Å². The van der Waals surface area contributed by atoms with Gasteiger partial charge in [0, 0.05) is 42.7 Å². The van der Waals surface area contributed by atoms with Crippen LogP contribution in [-0.4, -0.2) is 28.0 Å². The zero-order valence-electron chi connectivity index (χ0n) is 16.6. The molecule has 1 aliphatic heterocycles. The van der Waals surface area contributed by atoms with Crippen LogP contribution in [0.2, 0.25) is 5.02 Å².